The molecule has 0 amide bonds. The van der Waals surface area contributed by atoms with Crippen LogP contribution in [0.1, 0.15) is 22.7 Å². The van der Waals surface area contributed by atoms with Crippen molar-refractivity contribution in [2.45, 2.75) is 12.8 Å². The van der Waals surface area contributed by atoms with E-state index in [0.717, 1.165) is 22.5 Å². The first-order valence-electron chi connectivity index (χ1n) is 8.18. The second-order valence-electron chi connectivity index (χ2n) is 6.18. The fraction of sp³-hybridized carbons (Fsp3) is 0.100. The minimum atomic E-state index is -0.412. The molecule has 2 aromatic carbocycles. The molecule has 2 N–H and O–H groups in total. The number of allylic oxidation sites excluding steroid dienone is 1. The van der Waals surface area contributed by atoms with Gasteiger partial charge in [0.2, 0.25) is 11.8 Å². The molecular formula is C20H14Cl2N4O. The standard InChI is InChI=1S/C20H14Cl2N4O/c1-11-17-18(12-4-2-5-13(21)8-12)16(10-23)19(24)27-20(17)26(25-11)15-7-3-6-14(22)9-15/h2-9,18H,24H2,1H3. The summed E-state index contributed by atoms with van der Waals surface area (Å²) in [6, 6.07) is 16.8. The number of hydrogen-bond donors (Lipinski definition) is 1. The minimum Gasteiger partial charge on any atom is -0.422 e. The van der Waals surface area contributed by atoms with Gasteiger partial charge in [0.05, 0.1) is 22.9 Å². The summed E-state index contributed by atoms with van der Waals surface area (Å²) in [5.41, 5.74) is 9.52. The van der Waals surface area contributed by atoms with Gasteiger partial charge in [-0.2, -0.15) is 10.4 Å². The maximum absolute atomic E-state index is 9.69. The summed E-state index contributed by atoms with van der Waals surface area (Å²) in [4.78, 5) is 0. The third kappa shape index (κ3) is 2.93. The molecule has 134 valence electrons. The number of fused-ring (bicyclic) bond motifs is 1. The zero-order valence-corrected chi connectivity index (χ0v) is 15.8. The number of aromatic nitrogens is 2. The molecule has 0 radical (unpaired) electrons. The highest BCUT2D eigenvalue weighted by Gasteiger charge is 2.36. The highest BCUT2D eigenvalue weighted by atomic mass is 35.5. The molecule has 0 saturated heterocycles. The zero-order chi connectivity index (χ0) is 19.1. The Kier molecular flexibility index (Phi) is 4.31. The van der Waals surface area contributed by atoms with E-state index in [4.69, 9.17) is 33.7 Å². The Hall–Kier alpha value is -2.94. The summed E-state index contributed by atoms with van der Waals surface area (Å²) in [6.07, 6.45) is 0. The molecule has 1 aliphatic heterocycles. The van der Waals surface area contributed by atoms with Crippen LogP contribution in [0.2, 0.25) is 10.0 Å². The number of nitrogens with two attached hydrogens (primary N) is 1. The average molecular weight is 397 g/mol. The van der Waals surface area contributed by atoms with Gasteiger partial charge >= 0.3 is 0 Å². The van der Waals surface area contributed by atoms with Crippen LogP contribution in [-0.4, -0.2) is 9.78 Å². The number of aryl methyl sites for hydroxylation is 1. The lowest BCUT2D eigenvalue weighted by Gasteiger charge is -2.25. The van der Waals surface area contributed by atoms with E-state index in [2.05, 4.69) is 11.2 Å². The smallest absolute Gasteiger partial charge is 0.229 e. The molecule has 7 heteroatoms. The Morgan fingerprint density at radius 3 is 2.52 bits per heavy atom. The van der Waals surface area contributed by atoms with Crippen LogP contribution >= 0.6 is 23.2 Å². The number of benzene rings is 2. The van der Waals surface area contributed by atoms with Crippen LogP contribution in [0.25, 0.3) is 5.69 Å². The highest BCUT2D eigenvalue weighted by Crippen LogP contribution is 2.45. The largest absolute Gasteiger partial charge is 0.422 e. The fourth-order valence-corrected chi connectivity index (χ4v) is 3.70. The van der Waals surface area contributed by atoms with Crippen LogP contribution in [-0.2, 0) is 0 Å². The quantitative estimate of drug-likeness (QED) is 0.680. The van der Waals surface area contributed by atoms with Crippen molar-refractivity contribution in [1.82, 2.24) is 9.78 Å². The van der Waals surface area contributed by atoms with Gasteiger partial charge in [0.25, 0.3) is 0 Å². The van der Waals surface area contributed by atoms with Crippen LogP contribution in [0.3, 0.4) is 0 Å². The predicted octanol–water partition coefficient (Wildman–Crippen LogP) is 4.71. The Bertz CT molecular complexity index is 1130. The minimum absolute atomic E-state index is 0.0538. The number of rotatable bonds is 2. The lowest BCUT2D eigenvalue weighted by Crippen LogP contribution is -2.22. The van der Waals surface area contributed by atoms with Crippen LogP contribution in [0.15, 0.2) is 60.0 Å². The summed E-state index contributed by atoms with van der Waals surface area (Å²) >= 11 is 12.3. The molecule has 0 spiro atoms. The summed E-state index contributed by atoms with van der Waals surface area (Å²) in [7, 11) is 0. The van der Waals surface area contributed by atoms with E-state index >= 15 is 0 Å². The van der Waals surface area contributed by atoms with Gasteiger partial charge < -0.3 is 10.5 Å². The molecule has 0 bridgehead atoms. The van der Waals surface area contributed by atoms with E-state index in [1.165, 1.54) is 0 Å². The van der Waals surface area contributed by atoms with Gasteiger partial charge in [0.15, 0.2) is 0 Å². The first-order chi connectivity index (χ1) is 13.0. The molecule has 0 aliphatic carbocycles. The molecule has 1 unspecified atom stereocenters. The van der Waals surface area contributed by atoms with Crippen LogP contribution < -0.4 is 10.5 Å². The van der Waals surface area contributed by atoms with Gasteiger partial charge in [0.1, 0.15) is 11.6 Å². The molecule has 3 aromatic rings. The summed E-state index contributed by atoms with van der Waals surface area (Å²) in [5, 5.41) is 15.5. The van der Waals surface area contributed by atoms with Crippen molar-refractivity contribution >= 4 is 23.2 Å². The molecule has 27 heavy (non-hydrogen) atoms. The molecule has 1 aliphatic rings. The van der Waals surface area contributed by atoms with Crippen molar-refractivity contribution in [3.05, 3.63) is 86.9 Å². The molecule has 0 fully saturated rings. The second-order valence-corrected chi connectivity index (χ2v) is 7.05. The van der Waals surface area contributed by atoms with Crippen molar-refractivity contribution in [2.24, 2.45) is 5.73 Å². The third-order valence-electron chi connectivity index (χ3n) is 4.47. The Morgan fingerprint density at radius 2 is 1.85 bits per heavy atom. The number of halogens is 2. The maximum Gasteiger partial charge on any atom is 0.229 e. The van der Waals surface area contributed by atoms with Crippen molar-refractivity contribution in [2.75, 3.05) is 0 Å². The van der Waals surface area contributed by atoms with E-state index in [1.807, 2.05) is 37.3 Å². The molecular weight excluding hydrogens is 383 g/mol. The zero-order valence-electron chi connectivity index (χ0n) is 14.3. The average Bonchev–Trinajstić information content (AvgIpc) is 2.96. The molecule has 4 rings (SSSR count). The lowest BCUT2D eigenvalue weighted by atomic mass is 9.84. The normalized spacial score (nSPS) is 15.9. The molecule has 2 heterocycles. The van der Waals surface area contributed by atoms with Gasteiger partial charge in [-0.1, -0.05) is 41.4 Å². The van der Waals surface area contributed by atoms with Crippen molar-refractivity contribution < 1.29 is 4.74 Å². The molecule has 0 saturated carbocycles. The number of nitrogens with zero attached hydrogens (tertiary/aromatic N) is 3. The van der Waals surface area contributed by atoms with Crippen molar-refractivity contribution in [3.63, 3.8) is 0 Å². The Morgan fingerprint density at radius 1 is 1.15 bits per heavy atom. The Balaban J connectivity index is 1.97. The van der Waals surface area contributed by atoms with E-state index in [9.17, 15) is 5.26 Å². The van der Waals surface area contributed by atoms with E-state index < -0.39 is 5.92 Å². The van der Waals surface area contributed by atoms with Gasteiger partial charge in [-0.15, -0.1) is 0 Å². The SMILES string of the molecule is Cc1nn(-c2cccc(Cl)c2)c2c1C(c1cccc(Cl)c1)C(C#N)=C(N)O2. The van der Waals surface area contributed by atoms with Gasteiger partial charge in [0, 0.05) is 10.0 Å². The number of ether oxygens (including phenoxy) is 1. The number of hydrogen-bond acceptors (Lipinski definition) is 4. The monoisotopic (exact) mass is 396 g/mol. The second kappa shape index (κ2) is 6.66. The van der Waals surface area contributed by atoms with Crippen molar-refractivity contribution in [1.29, 1.82) is 5.26 Å². The predicted molar refractivity (Wildman–Crippen MR) is 104 cm³/mol. The molecule has 1 atom stereocenters. The lowest BCUT2D eigenvalue weighted by molar-refractivity contribution is 0.367. The third-order valence-corrected chi connectivity index (χ3v) is 4.94. The summed E-state index contributed by atoms with van der Waals surface area (Å²) < 4.78 is 7.47. The van der Waals surface area contributed by atoms with E-state index in [-0.39, 0.29) is 5.88 Å². The van der Waals surface area contributed by atoms with Gasteiger partial charge in [-0.05, 0) is 42.8 Å². The van der Waals surface area contributed by atoms with Crippen LogP contribution in [0, 0.1) is 18.3 Å². The first kappa shape index (κ1) is 17.5. The number of nitriles is 1. The van der Waals surface area contributed by atoms with Gasteiger partial charge in [-0.25, -0.2) is 4.68 Å². The molecule has 1 aromatic heterocycles. The van der Waals surface area contributed by atoms with Gasteiger partial charge in [-0.3, -0.25) is 0 Å². The maximum atomic E-state index is 9.69. The summed E-state index contributed by atoms with van der Waals surface area (Å²) in [5.74, 6) is 0.111. The summed E-state index contributed by atoms with van der Waals surface area (Å²) in [6.45, 7) is 1.87. The van der Waals surface area contributed by atoms with E-state index in [0.29, 0.717) is 21.5 Å². The first-order valence-corrected chi connectivity index (χ1v) is 8.93. The van der Waals surface area contributed by atoms with Crippen molar-refractivity contribution in [3.8, 4) is 17.6 Å². The molecule has 5 nitrogen and oxygen atoms in total. The Labute approximate surface area is 166 Å². The van der Waals surface area contributed by atoms with E-state index in [1.54, 1.807) is 22.9 Å². The van der Waals surface area contributed by atoms with Crippen LogP contribution in [0.5, 0.6) is 5.88 Å². The topological polar surface area (TPSA) is 76.9 Å². The van der Waals surface area contributed by atoms with Crippen LogP contribution in [0.4, 0.5) is 0 Å². The fourth-order valence-electron chi connectivity index (χ4n) is 3.32. The highest BCUT2D eigenvalue weighted by molar-refractivity contribution is 6.31.